The fourth-order valence-corrected chi connectivity index (χ4v) is 2.67. The normalized spacial score (nSPS) is 14.9. The Labute approximate surface area is 129 Å². The number of fused-ring (bicyclic) bond motifs is 1. The van der Waals surface area contributed by atoms with Crippen molar-refractivity contribution in [2.24, 2.45) is 0 Å². The Morgan fingerprint density at radius 2 is 2.18 bits per heavy atom. The lowest BCUT2D eigenvalue weighted by Gasteiger charge is -2.13. The first kappa shape index (κ1) is 14.6. The van der Waals surface area contributed by atoms with Crippen LogP contribution in [0.3, 0.4) is 0 Å². The molecule has 4 nitrogen and oxygen atoms in total. The van der Waals surface area contributed by atoms with Crippen molar-refractivity contribution in [1.82, 2.24) is 4.98 Å². The number of hydrogen-bond donors (Lipinski definition) is 1. The van der Waals surface area contributed by atoms with Gasteiger partial charge < -0.3 is 9.84 Å². The van der Waals surface area contributed by atoms with E-state index < -0.39 is 5.97 Å². The molecule has 0 saturated heterocycles. The first-order valence-electron chi connectivity index (χ1n) is 7.55. The maximum absolute atomic E-state index is 10.8. The summed E-state index contributed by atoms with van der Waals surface area (Å²) >= 11 is 0. The first-order chi connectivity index (χ1) is 10.5. The quantitative estimate of drug-likeness (QED) is 0.847. The third kappa shape index (κ3) is 3.11. The largest absolute Gasteiger partial charge is 0.491 e. The van der Waals surface area contributed by atoms with Crippen LogP contribution in [-0.4, -0.2) is 22.2 Å². The highest BCUT2D eigenvalue weighted by atomic mass is 16.5. The van der Waals surface area contributed by atoms with Gasteiger partial charge >= 0.3 is 5.97 Å². The summed E-state index contributed by atoms with van der Waals surface area (Å²) in [4.78, 5) is 15.2. The number of aliphatic carboxylic acids is 1. The predicted octanol–water partition coefficient (Wildman–Crippen LogP) is 4.00. The minimum Gasteiger partial charge on any atom is -0.491 e. The van der Waals surface area contributed by atoms with Crippen LogP contribution in [0.5, 0.6) is 5.75 Å². The Hall–Kier alpha value is -2.36. The Balaban J connectivity index is 2.12. The molecule has 1 saturated carbocycles. The number of nitrogens with zero attached hydrogens (tertiary/aromatic N) is 1. The summed E-state index contributed by atoms with van der Waals surface area (Å²) in [5.74, 6) is 0.373. The molecule has 22 heavy (non-hydrogen) atoms. The van der Waals surface area contributed by atoms with Crippen molar-refractivity contribution in [1.29, 1.82) is 0 Å². The Morgan fingerprint density at radius 3 is 2.82 bits per heavy atom. The van der Waals surface area contributed by atoms with Crippen molar-refractivity contribution in [3.05, 3.63) is 41.6 Å². The number of carbonyl (C=O) groups is 1. The minimum atomic E-state index is -0.946. The van der Waals surface area contributed by atoms with Gasteiger partial charge in [0.2, 0.25) is 0 Å². The molecule has 114 valence electrons. The van der Waals surface area contributed by atoms with Gasteiger partial charge in [-0.1, -0.05) is 0 Å². The van der Waals surface area contributed by atoms with Crippen LogP contribution in [0.15, 0.2) is 30.5 Å². The summed E-state index contributed by atoms with van der Waals surface area (Å²) in [6.45, 7) is 3.99. The predicted molar refractivity (Wildman–Crippen MR) is 86.2 cm³/mol. The van der Waals surface area contributed by atoms with Crippen LogP contribution >= 0.6 is 0 Å². The molecule has 0 aliphatic heterocycles. The summed E-state index contributed by atoms with van der Waals surface area (Å²) < 4.78 is 5.78. The fourth-order valence-electron chi connectivity index (χ4n) is 2.67. The Kier molecular flexibility index (Phi) is 3.84. The molecular formula is C18H19NO3. The zero-order valence-electron chi connectivity index (χ0n) is 12.7. The van der Waals surface area contributed by atoms with Crippen molar-refractivity contribution >= 4 is 22.9 Å². The molecule has 2 aromatic rings. The van der Waals surface area contributed by atoms with E-state index in [2.05, 4.69) is 4.98 Å². The summed E-state index contributed by atoms with van der Waals surface area (Å²) in [7, 11) is 0. The van der Waals surface area contributed by atoms with E-state index >= 15 is 0 Å². The maximum Gasteiger partial charge on any atom is 0.328 e. The highest BCUT2D eigenvalue weighted by Crippen LogP contribution is 2.45. The lowest BCUT2D eigenvalue weighted by atomic mass is 9.99. The van der Waals surface area contributed by atoms with Gasteiger partial charge in [0.1, 0.15) is 5.75 Å². The van der Waals surface area contributed by atoms with Gasteiger partial charge in [0.05, 0.1) is 11.6 Å². The van der Waals surface area contributed by atoms with Gasteiger partial charge in [0.25, 0.3) is 0 Å². The highest BCUT2D eigenvalue weighted by molar-refractivity contribution is 5.90. The number of carboxylic acid groups (broad SMARTS) is 1. The molecule has 4 heteroatoms. The van der Waals surface area contributed by atoms with Crippen LogP contribution < -0.4 is 4.74 Å². The van der Waals surface area contributed by atoms with Crippen LogP contribution in [0.25, 0.3) is 17.0 Å². The van der Waals surface area contributed by atoms with Crippen molar-refractivity contribution in [3.8, 4) is 5.75 Å². The van der Waals surface area contributed by atoms with Crippen LogP contribution in [0, 0.1) is 0 Å². The van der Waals surface area contributed by atoms with Crippen LogP contribution in [0.2, 0.25) is 0 Å². The molecule has 1 aliphatic rings. The third-order valence-electron chi connectivity index (χ3n) is 3.67. The first-order valence-corrected chi connectivity index (χ1v) is 7.55. The zero-order chi connectivity index (χ0) is 15.7. The van der Waals surface area contributed by atoms with Crippen molar-refractivity contribution in [2.75, 3.05) is 0 Å². The molecule has 3 rings (SSSR count). The van der Waals surface area contributed by atoms with Crippen molar-refractivity contribution in [2.45, 2.75) is 38.7 Å². The molecule has 0 radical (unpaired) electrons. The number of aromatic nitrogens is 1. The van der Waals surface area contributed by atoms with E-state index in [1.807, 2.05) is 32.0 Å². The molecule has 0 atom stereocenters. The lowest BCUT2D eigenvalue weighted by molar-refractivity contribution is -0.131. The highest BCUT2D eigenvalue weighted by Gasteiger charge is 2.28. The average molecular weight is 297 g/mol. The third-order valence-corrected chi connectivity index (χ3v) is 3.67. The van der Waals surface area contributed by atoms with Crippen molar-refractivity contribution < 1.29 is 14.6 Å². The summed E-state index contributed by atoms with van der Waals surface area (Å²) in [6, 6.07) is 5.91. The average Bonchev–Trinajstić information content (AvgIpc) is 3.28. The van der Waals surface area contributed by atoms with Crippen LogP contribution in [0.1, 0.15) is 43.7 Å². The molecule has 1 aliphatic carbocycles. The molecule has 1 fully saturated rings. The number of carboxylic acids is 1. The molecule has 0 bridgehead atoms. The molecule has 1 heterocycles. The number of rotatable bonds is 5. The van der Waals surface area contributed by atoms with E-state index in [4.69, 9.17) is 9.84 Å². The van der Waals surface area contributed by atoms with E-state index in [0.29, 0.717) is 5.92 Å². The number of pyridine rings is 1. The molecule has 1 aromatic carbocycles. The van der Waals surface area contributed by atoms with Gasteiger partial charge in [-0.25, -0.2) is 4.79 Å². The van der Waals surface area contributed by atoms with E-state index in [1.54, 1.807) is 12.3 Å². The van der Waals surface area contributed by atoms with E-state index in [9.17, 15) is 4.79 Å². The molecule has 0 amide bonds. The van der Waals surface area contributed by atoms with E-state index in [1.165, 1.54) is 11.6 Å². The molecular weight excluding hydrogens is 278 g/mol. The molecule has 0 unspecified atom stereocenters. The number of benzene rings is 1. The number of hydrogen-bond acceptors (Lipinski definition) is 3. The summed E-state index contributed by atoms with van der Waals surface area (Å²) in [5, 5.41) is 9.91. The van der Waals surface area contributed by atoms with E-state index in [-0.39, 0.29) is 6.10 Å². The Morgan fingerprint density at radius 1 is 1.41 bits per heavy atom. The molecule has 1 aromatic heterocycles. The van der Waals surface area contributed by atoms with Gasteiger partial charge in [0.15, 0.2) is 0 Å². The smallest absolute Gasteiger partial charge is 0.328 e. The topological polar surface area (TPSA) is 59.4 Å². The van der Waals surface area contributed by atoms with Gasteiger partial charge in [-0.15, -0.1) is 0 Å². The number of ether oxygens (including phenoxy) is 1. The second-order valence-corrected chi connectivity index (χ2v) is 5.92. The summed E-state index contributed by atoms with van der Waals surface area (Å²) in [5.41, 5.74) is 3.00. The van der Waals surface area contributed by atoms with Gasteiger partial charge in [0, 0.05) is 17.7 Å². The monoisotopic (exact) mass is 297 g/mol. The molecule has 0 spiro atoms. The second-order valence-electron chi connectivity index (χ2n) is 5.92. The van der Waals surface area contributed by atoms with Crippen LogP contribution in [-0.2, 0) is 4.79 Å². The zero-order valence-corrected chi connectivity index (χ0v) is 12.7. The summed E-state index contributed by atoms with van der Waals surface area (Å²) in [6.07, 6.45) is 6.97. The minimum absolute atomic E-state index is 0.116. The fraction of sp³-hybridized carbons (Fsp3) is 0.333. The van der Waals surface area contributed by atoms with E-state index in [0.717, 1.165) is 35.1 Å². The van der Waals surface area contributed by atoms with Crippen LogP contribution in [0.4, 0.5) is 0 Å². The molecule has 1 N–H and O–H groups in total. The van der Waals surface area contributed by atoms with Gasteiger partial charge in [-0.05, 0) is 68.0 Å². The maximum atomic E-state index is 10.8. The second kappa shape index (κ2) is 5.79. The van der Waals surface area contributed by atoms with Crippen molar-refractivity contribution in [3.63, 3.8) is 0 Å². The van der Waals surface area contributed by atoms with Gasteiger partial charge in [-0.3, -0.25) is 4.98 Å². The Bertz CT molecular complexity index is 745. The standard InChI is InChI=1S/C18H19NO3/c1-11(2)22-14-6-7-16-15(9-14)18(12-3-4-12)13(10-19-16)5-8-17(20)21/h5-12H,3-4H2,1-2H3,(H,20,21)/b8-5+. The van der Waals surface area contributed by atoms with Gasteiger partial charge in [-0.2, -0.15) is 0 Å². The lowest BCUT2D eigenvalue weighted by Crippen LogP contribution is -2.05. The SMILES string of the molecule is CC(C)Oc1ccc2ncc(/C=C/C(=O)O)c(C3CC3)c2c1.